The molecule has 164 valence electrons. The van der Waals surface area contributed by atoms with Crippen LogP contribution in [-0.4, -0.2) is 18.9 Å². The quantitative estimate of drug-likeness (QED) is 0.530. The molecule has 0 atom stereocenters. The standard InChI is InChI=1S/C26H20ClN3O3/c1-15-4-10-20(16(2)12-15)23-24(29-21-13-18(27)7-11-22(21)33-3)26(32)30(25(23)31)19-8-5-17(14-28)6-9-19/h4-13,29H,1-3H3. The Bertz CT molecular complexity index is 1350. The number of benzene rings is 3. The number of imide groups is 1. The van der Waals surface area contributed by atoms with Gasteiger partial charge >= 0.3 is 0 Å². The van der Waals surface area contributed by atoms with Crippen LogP contribution in [0.5, 0.6) is 5.75 Å². The molecule has 1 heterocycles. The second kappa shape index (κ2) is 8.81. The molecule has 3 aromatic rings. The lowest BCUT2D eigenvalue weighted by atomic mass is 9.97. The average Bonchev–Trinajstić information content (AvgIpc) is 3.03. The summed E-state index contributed by atoms with van der Waals surface area (Å²) < 4.78 is 5.41. The number of aryl methyl sites for hydroxylation is 2. The summed E-state index contributed by atoms with van der Waals surface area (Å²) in [6.45, 7) is 3.86. The number of methoxy groups -OCH3 is 1. The van der Waals surface area contributed by atoms with E-state index >= 15 is 0 Å². The third-order valence-corrected chi connectivity index (χ3v) is 5.65. The number of nitriles is 1. The fraction of sp³-hybridized carbons (Fsp3) is 0.115. The van der Waals surface area contributed by atoms with Crippen molar-refractivity contribution < 1.29 is 14.3 Å². The van der Waals surface area contributed by atoms with Gasteiger partial charge < -0.3 is 10.1 Å². The molecule has 0 aliphatic carbocycles. The summed E-state index contributed by atoms with van der Waals surface area (Å²) in [6, 6.07) is 19.0. The number of rotatable bonds is 5. The van der Waals surface area contributed by atoms with Gasteiger partial charge in [-0.15, -0.1) is 0 Å². The zero-order valence-electron chi connectivity index (χ0n) is 18.3. The first-order valence-corrected chi connectivity index (χ1v) is 10.5. The highest BCUT2D eigenvalue weighted by atomic mass is 35.5. The first-order chi connectivity index (χ1) is 15.8. The van der Waals surface area contributed by atoms with Crippen molar-refractivity contribution in [1.82, 2.24) is 0 Å². The molecule has 3 aromatic carbocycles. The molecule has 0 saturated heterocycles. The van der Waals surface area contributed by atoms with Crippen LogP contribution in [-0.2, 0) is 9.59 Å². The van der Waals surface area contributed by atoms with Crippen LogP contribution in [0.4, 0.5) is 11.4 Å². The van der Waals surface area contributed by atoms with Crippen LogP contribution in [0.2, 0.25) is 5.02 Å². The van der Waals surface area contributed by atoms with Crippen molar-refractivity contribution in [2.24, 2.45) is 0 Å². The lowest BCUT2D eigenvalue weighted by molar-refractivity contribution is -0.120. The van der Waals surface area contributed by atoms with E-state index in [1.807, 2.05) is 38.1 Å². The maximum Gasteiger partial charge on any atom is 0.282 e. The Balaban J connectivity index is 1.88. The van der Waals surface area contributed by atoms with E-state index in [-0.39, 0.29) is 11.3 Å². The largest absolute Gasteiger partial charge is 0.495 e. The molecule has 6 nitrogen and oxygen atoms in total. The summed E-state index contributed by atoms with van der Waals surface area (Å²) in [5, 5.41) is 12.6. The maximum atomic E-state index is 13.6. The van der Waals surface area contributed by atoms with Gasteiger partial charge in [0.2, 0.25) is 0 Å². The Morgan fingerprint density at radius 3 is 2.33 bits per heavy atom. The van der Waals surface area contributed by atoms with Crippen LogP contribution in [0.1, 0.15) is 22.3 Å². The van der Waals surface area contributed by atoms with Gasteiger partial charge in [0.1, 0.15) is 11.4 Å². The molecule has 0 bridgehead atoms. The molecule has 7 heteroatoms. The monoisotopic (exact) mass is 457 g/mol. The van der Waals surface area contributed by atoms with Gasteiger partial charge in [0.05, 0.1) is 35.7 Å². The lowest BCUT2D eigenvalue weighted by Gasteiger charge is -2.16. The third-order valence-electron chi connectivity index (χ3n) is 5.41. The first kappa shape index (κ1) is 22.1. The lowest BCUT2D eigenvalue weighted by Crippen LogP contribution is -2.32. The van der Waals surface area contributed by atoms with E-state index in [0.29, 0.717) is 33.3 Å². The molecular formula is C26H20ClN3O3. The van der Waals surface area contributed by atoms with E-state index < -0.39 is 11.8 Å². The van der Waals surface area contributed by atoms with Crippen molar-refractivity contribution >= 4 is 40.4 Å². The van der Waals surface area contributed by atoms with Gasteiger partial charge in [0.15, 0.2) is 0 Å². The molecule has 0 fully saturated rings. The number of halogens is 1. The van der Waals surface area contributed by atoms with Gasteiger partial charge in [-0.2, -0.15) is 5.26 Å². The second-order valence-electron chi connectivity index (χ2n) is 7.64. The molecule has 1 aliphatic rings. The molecule has 0 saturated carbocycles. The molecule has 0 unspecified atom stereocenters. The second-order valence-corrected chi connectivity index (χ2v) is 8.08. The Hall–Kier alpha value is -4.08. The molecule has 0 spiro atoms. The van der Waals surface area contributed by atoms with Gasteiger partial charge in [-0.25, -0.2) is 4.90 Å². The number of hydrogen-bond acceptors (Lipinski definition) is 5. The highest BCUT2D eigenvalue weighted by molar-refractivity contribution is 6.46. The molecule has 0 radical (unpaired) electrons. The Morgan fingerprint density at radius 1 is 0.970 bits per heavy atom. The third kappa shape index (κ3) is 4.07. The zero-order chi connectivity index (χ0) is 23.7. The van der Waals surface area contributed by atoms with Crippen LogP contribution in [0.3, 0.4) is 0 Å². The summed E-state index contributed by atoms with van der Waals surface area (Å²) in [5.74, 6) is -0.495. The van der Waals surface area contributed by atoms with Crippen molar-refractivity contribution in [1.29, 1.82) is 5.26 Å². The van der Waals surface area contributed by atoms with Crippen LogP contribution in [0, 0.1) is 25.2 Å². The Morgan fingerprint density at radius 2 is 1.70 bits per heavy atom. The fourth-order valence-electron chi connectivity index (χ4n) is 3.82. The predicted molar refractivity (Wildman–Crippen MR) is 128 cm³/mol. The van der Waals surface area contributed by atoms with Crippen molar-refractivity contribution in [2.45, 2.75) is 13.8 Å². The van der Waals surface area contributed by atoms with Crippen molar-refractivity contribution in [2.75, 3.05) is 17.3 Å². The van der Waals surface area contributed by atoms with E-state index in [4.69, 9.17) is 21.6 Å². The van der Waals surface area contributed by atoms with Gasteiger partial charge in [-0.05, 0) is 67.4 Å². The SMILES string of the molecule is COc1ccc(Cl)cc1NC1=C(c2ccc(C)cc2C)C(=O)N(c2ccc(C#N)cc2)C1=O. The number of nitrogens with zero attached hydrogens (tertiary/aromatic N) is 2. The zero-order valence-corrected chi connectivity index (χ0v) is 19.0. The average molecular weight is 458 g/mol. The van der Waals surface area contributed by atoms with Gasteiger partial charge in [0.25, 0.3) is 11.8 Å². The topological polar surface area (TPSA) is 82.4 Å². The maximum absolute atomic E-state index is 13.6. The minimum atomic E-state index is -0.512. The molecule has 0 aromatic heterocycles. The van der Waals surface area contributed by atoms with Gasteiger partial charge in [-0.3, -0.25) is 9.59 Å². The van der Waals surface area contributed by atoms with Crippen LogP contribution in [0.25, 0.3) is 5.57 Å². The van der Waals surface area contributed by atoms with Crippen LogP contribution in [0.15, 0.2) is 66.4 Å². The smallest absolute Gasteiger partial charge is 0.282 e. The number of hydrogen-bond donors (Lipinski definition) is 1. The summed E-state index contributed by atoms with van der Waals surface area (Å²) in [6.07, 6.45) is 0. The van der Waals surface area contributed by atoms with E-state index in [1.165, 1.54) is 7.11 Å². The van der Waals surface area contributed by atoms with E-state index in [1.54, 1.807) is 42.5 Å². The number of carbonyl (C=O) groups is 2. The highest BCUT2D eigenvalue weighted by Gasteiger charge is 2.41. The highest BCUT2D eigenvalue weighted by Crippen LogP contribution is 2.37. The normalized spacial score (nSPS) is 13.4. The number of amides is 2. The number of carbonyl (C=O) groups excluding carboxylic acids is 2. The van der Waals surface area contributed by atoms with E-state index in [2.05, 4.69) is 5.32 Å². The van der Waals surface area contributed by atoms with Gasteiger partial charge in [0, 0.05) is 5.02 Å². The molecular weight excluding hydrogens is 438 g/mol. The van der Waals surface area contributed by atoms with Crippen LogP contribution >= 0.6 is 11.6 Å². The minimum Gasteiger partial charge on any atom is -0.495 e. The predicted octanol–water partition coefficient (Wildman–Crippen LogP) is 5.23. The van der Waals surface area contributed by atoms with Crippen molar-refractivity contribution in [3.8, 4) is 11.8 Å². The molecule has 1 aliphatic heterocycles. The molecule has 2 amide bonds. The Labute approximate surface area is 196 Å². The van der Waals surface area contributed by atoms with E-state index in [0.717, 1.165) is 16.0 Å². The summed E-state index contributed by atoms with van der Waals surface area (Å²) >= 11 is 6.17. The van der Waals surface area contributed by atoms with Crippen LogP contribution < -0.4 is 15.0 Å². The number of ether oxygens (including phenoxy) is 1. The Kier molecular flexibility index (Phi) is 5.91. The minimum absolute atomic E-state index is 0.122. The van der Waals surface area contributed by atoms with Crippen molar-refractivity contribution in [3.63, 3.8) is 0 Å². The van der Waals surface area contributed by atoms with Crippen molar-refractivity contribution in [3.05, 3.63) is 93.6 Å². The molecule has 33 heavy (non-hydrogen) atoms. The molecule has 4 rings (SSSR count). The summed E-state index contributed by atoms with van der Waals surface area (Å²) in [5.41, 5.74) is 4.21. The first-order valence-electron chi connectivity index (χ1n) is 10.2. The fourth-order valence-corrected chi connectivity index (χ4v) is 3.99. The van der Waals surface area contributed by atoms with Gasteiger partial charge in [-0.1, -0.05) is 35.4 Å². The number of anilines is 2. The number of nitrogens with one attached hydrogen (secondary N) is 1. The summed E-state index contributed by atoms with van der Waals surface area (Å²) in [7, 11) is 1.51. The molecule has 1 N–H and O–H groups in total. The summed E-state index contributed by atoms with van der Waals surface area (Å²) in [4.78, 5) is 28.3. The van der Waals surface area contributed by atoms with E-state index in [9.17, 15) is 9.59 Å².